The van der Waals surface area contributed by atoms with Gasteiger partial charge < -0.3 is 53.5 Å². The molecule has 3 N–H and O–H groups in total. The highest BCUT2D eigenvalue weighted by Crippen LogP contribution is 2.43. The first kappa shape index (κ1) is 43.1. The summed E-state index contributed by atoms with van der Waals surface area (Å²) in [5.74, 6) is -0.233. The Bertz CT molecular complexity index is 3020. The molecule has 0 saturated carbocycles. The molecule has 344 valence electrons. The van der Waals surface area contributed by atoms with Gasteiger partial charge in [-0.3, -0.25) is 9.59 Å². The highest BCUT2D eigenvalue weighted by molar-refractivity contribution is 5.90. The number of rotatable bonds is 12. The van der Waals surface area contributed by atoms with E-state index < -0.39 is 35.3 Å². The van der Waals surface area contributed by atoms with Crippen molar-refractivity contribution < 1.29 is 47.6 Å². The van der Waals surface area contributed by atoms with Crippen LogP contribution < -0.4 is 36.5 Å². The minimum absolute atomic E-state index is 0.00623. The Labute approximate surface area is 381 Å². The molecule has 2 aromatic carbocycles. The number of esters is 2. The number of alkyl carbamates (subject to hydrolysis) is 2. The van der Waals surface area contributed by atoms with Gasteiger partial charge in [-0.1, -0.05) is 13.8 Å². The highest BCUT2D eigenvalue weighted by atomic mass is 16.6. The Morgan fingerprint density at radius 1 is 0.627 bits per heavy atom. The molecule has 10 rings (SSSR count). The molecule has 0 spiro atoms. The summed E-state index contributed by atoms with van der Waals surface area (Å²) >= 11 is 0. The van der Waals surface area contributed by atoms with Crippen LogP contribution >= 0.6 is 0 Å². The van der Waals surface area contributed by atoms with Crippen molar-refractivity contribution in [3.05, 3.63) is 115 Å². The number of carbonyl (C=O) groups is 4. The van der Waals surface area contributed by atoms with Crippen LogP contribution in [0.5, 0.6) is 11.5 Å². The Morgan fingerprint density at radius 2 is 1.06 bits per heavy atom. The van der Waals surface area contributed by atoms with Gasteiger partial charge in [-0.25, -0.2) is 29.1 Å². The third-order valence-corrected chi connectivity index (χ3v) is 13.0. The number of carbonyl (C=O) groups excluding carboxylic acids is 4. The van der Waals surface area contributed by atoms with Crippen molar-refractivity contribution in [3.8, 4) is 34.3 Å². The third-order valence-electron chi connectivity index (χ3n) is 13.0. The zero-order chi connectivity index (χ0) is 46.8. The van der Waals surface area contributed by atoms with Crippen molar-refractivity contribution in [2.45, 2.75) is 64.2 Å². The van der Waals surface area contributed by atoms with Gasteiger partial charge in [0.1, 0.15) is 24.7 Å². The van der Waals surface area contributed by atoms with Crippen molar-refractivity contribution in [2.75, 3.05) is 40.4 Å². The first-order valence-corrected chi connectivity index (χ1v) is 21.9. The van der Waals surface area contributed by atoms with Gasteiger partial charge in [0.15, 0.2) is 0 Å². The smallest absolute Gasteiger partial charge is 0.408 e. The molecule has 0 unspecified atom stereocenters. The minimum Gasteiger partial charge on any atom is -0.497 e. The van der Waals surface area contributed by atoms with Gasteiger partial charge in [0.25, 0.3) is 11.1 Å². The molecule has 0 aliphatic carbocycles. The van der Waals surface area contributed by atoms with Crippen LogP contribution in [-0.2, 0) is 66.0 Å². The third kappa shape index (κ3) is 6.99. The fourth-order valence-electron chi connectivity index (χ4n) is 9.52. The number of methoxy groups -OCH3 is 2. The van der Waals surface area contributed by atoms with Crippen LogP contribution in [0, 0.1) is 0 Å². The van der Waals surface area contributed by atoms with Crippen LogP contribution in [0.25, 0.3) is 44.6 Å². The number of nitrogens with zero attached hydrogens (tertiary/aromatic N) is 4. The number of cyclic esters (lactones) is 2. The summed E-state index contributed by atoms with van der Waals surface area (Å²) in [4.78, 5) is 91.1. The first-order valence-electron chi connectivity index (χ1n) is 21.9. The van der Waals surface area contributed by atoms with Gasteiger partial charge in [-0.15, -0.1) is 0 Å². The van der Waals surface area contributed by atoms with Crippen LogP contribution in [0.2, 0.25) is 0 Å². The lowest BCUT2D eigenvalue weighted by Gasteiger charge is -2.35. The highest BCUT2D eigenvalue weighted by Gasteiger charge is 2.52. The summed E-state index contributed by atoms with van der Waals surface area (Å²) in [6.45, 7) is 3.93. The van der Waals surface area contributed by atoms with Gasteiger partial charge in [0, 0.05) is 59.2 Å². The summed E-state index contributed by atoms with van der Waals surface area (Å²) in [6.07, 6.45) is -1.82. The van der Waals surface area contributed by atoms with E-state index in [0.29, 0.717) is 45.3 Å². The molecule has 4 aliphatic rings. The van der Waals surface area contributed by atoms with E-state index in [1.165, 1.54) is 0 Å². The molecule has 4 aliphatic heterocycles. The van der Waals surface area contributed by atoms with Crippen LogP contribution in [0.4, 0.5) is 9.59 Å². The molecular formula is C48H45N7O12. The predicted molar refractivity (Wildman–Crippen MR) is 240 cm³/mol. The van der Waals surface area contributed by atoms with Gasteiger partial charge in [0.2, 0.25) is 11.2 Å². The molecule has 6 aromatic rings. The fraction of sp³-hybridized carbons (Fsp3) is 0.333. The zero-order valence-corrected chi connectivity index (χ0v) is 37.0. The van der Waals surface area contributed by atoms with Gasteiger partial charge in [-0.05, 0) is 73.5 Å². The Morgan fingerprint density at radius 3 is 1.46 bits per heavy atom. The molecule has 4 aromatic heterocycles. The number of fused-ring (bicyclic) bond motifs is 10. The number of pyridine rings is 4. The van der Waals surface area contributed by atoms with E-state index in [1.807, 2.05) is 36.4 Å². The van der Waals surface area contributed by atoms with Gasteiger partial charge in [-0.2, -0.15) is 0 Å². The van der Waals surface area contributed by atoms with Crippen LogP contribution in [-0.4, -0.2) is 83.6 Å². The quantitative estimate of drug-likeness (QED) is 0.0885. The zero-order valence-electron chi connectivity index (χ0n) is 37.0. The normalized spacial score (nSPS) is 18.4. The Hall–Kier alpha value is -7.80. The van der Waals surface area contributed by atoms with E-state index in [2.05, 4.69) is 16.0 Å². The van der Waals surface area contributed by atoms with Gasteiger partial charge >= 0.3 is 24.1 Å². The maximum atomic E-state index is 13.9. The van der Waals surface area contributed by atoms with E-state index in [1.54, 1.807) is 61.5 Å². The average Bonchev–Trinajstić information content (AvgIpc) is 3.88. The van der Waals surface area contributed by atoms with Crippen molar-refractivity contribution in [2.24, 2.45) is 0 Å². The topological polar surface area (TPSA) is 230 Å². The molecule has 0 fully saturated rings. The molecule has 19 nitrogen and oxygen atoms in total. The maximum absolute atomic E-state index is 13.9. The number of hydrogen-bond donors (Lipinski definition) is 3. The second-order valence-corrected chi connectivity index (χ2v) is 16.6. The lowest BCUT2D eigenvalue weighted by Crippen LogP contribution is -2.49. The molecule has 0 bridgehead atoms. The van der Waals surface area contributed by atoms with E-state index in [0.717, 1.165) is 21.9 Å². The molecule has 2 atom stereocenters. The predicted octanol–water partition coefficient (Wildman–Crippen LogP) is 4.25. The number of hydrogen-bond acceptors (Lipinski definition) is 15. The summed E-state index contributed by atoms with van der Waals surface area (Å²) in [6, 6.07) is 18.3. The summed E-state index contributed by atoms with van der Waals surface area (Å²) in [7, 11) is 3.17. The molecule has 67 heavy (non-hydrogen) atoms. The van der Waals surface area contributed by atoms with Crippen LogP contribution in [0.3, 0.4) is 0 Å². The fourth-order valence-corrected chi connectivity index (χ4v) is 9.52. The number of amides is 2. The number of benzene rings is 2. The largest absolute Gasteiger partial charge is 0.497 e. The minimum atomic E-state index is -1.89. The SMILES string of the molecule is CC[C@@]1(OC(=O)NCCNCCNC(=O)O[C@]2(CC)C(=O)OCc3c2cc2n(c3=O)Cc3cc4cc(OC)ccc4nc3-2)C(=O)OCc2c1cc1n(c2=O)Cc2cc3cc(OC)ccc3nc2-1. The maximum Gasteiger partial charge on any atom is 0.408 e. The monoisotopic (exact) mass is 911 g/mol. The molecule has 2 amide bonds. The molecule has 0 saturated heterocycles. The van der Waals surface area contributed by atoms with Crippen LogP contribution in [0.15, 0.2) is 70.3 Å². The summed E-state index contributed by atoms with van der Waals surface area (Å²) in [5, 5.41) is 10.1. The van der Waals surface area contributed by atoms with E-state index in [4.69, 9.17) is 38.4 Å². The average molecular weight is 912 g/mol. The number of nitrogens with one attached hydrogen (secondary N) is 3. The Balaban J connectivity index is 0.765. The second kappa shape index (κ2) is 16.6. The first-order chi connectivity index (χ1) is 32.4. The van der Waals surface area contributed by atoms with Gasteiger partial charge in [0.05, 0.1) is 72.2 Å². The summed E-state index contributed by atoms with van der Waals surface area (Å²) < 4.78 is 36.5. The van der Waals surface area contributed by atoms with Crippen LogP contribution in [0.1, 0.15) is 60.1 Å². The Kier molecular flexibility index (Phi) is 10.7. The van der Waals surface area contributed by atoms with E-state index >= 15 is 0 Å². The lowest BCUT2D eigenvalue weighted by molar-refractivity contribution is -0.173. The van der Waals surface area contributed by atoms with Crippen molar-refractivity contribution in [1.82, 2.24) is 35.1 Å². The number of aromatic nitrogens is 4. The molecule has 0 radical (unpaired) electrons. The van der Waals surface area contributed by atoms with E-state index in [-0.39, 0.29) is 98.7 Å². The summed E-state index contributed by atoms with van der Waals surface area (Å²) in [5.41, 5.74) is 1.65. The van der Waals surface area contributed by atoms with Crippen molar-refractivity contribution >= 4 is 45.9 Å². The van der Waals surface area contributed by atoms with Crippen molar-refractivity contribution in [3.63, 3.8) is 0 Å². The lowest BCUT2D eigenvalue weighted by atomic mass is 9.85. The second-order valence-electron chi connectivity index (χ2n) is 16.6. The van der Waals surface area contributed by atoms with E-state index in [9.17, 15) is 28.8 Å². The molecule has 19 heteroatoms. The van der Waals surface area contributed by atoms with Crippen molar-refractivity contribution in [1.29, 1.82) is 0 Å². The molecular weight excluding hydrogens is 867 g/mol. The molecule has 8 heterocycles. The standard InChI is InChI=1S/C48H45N7O12/c1-5-47(33-19-37-39-27(15-25-17-29(62-3)7-9-35(25)52-39)21-54(37)41(56)31(33)23-64-43(47)58)66-45(60)50-13-11-49-12-14-51-46(61)67-48(6-2)34-20-38-40-28(16-26-18-30(63-4)8-10-36(26)53-40)22-55(38)42(57)32(34)24-65-44(48)59/h7-10,15-20,49H,5-6,11-14,21-24H2,1-4H3,(H,50,60)(H,51,61)/t47-,48-/m0/s1. The number of ether oxygens (including phenoxy) is 6.